The number of nitrogens with two attached hydrogens (primary N) is 1. The number of rotatable bonds is 9. The number of carbonyl (C=O) groups excluding carboxylic acids is 2. The van der Waals surface area contributed by atoms with Crippen molar-refractivity contribution in [2.75, 3.05) is 6.54 Å². The summed E-state index contributed by atoms with van der Waals surface area (Å²) in [6.07, 6.45) is 1.20. The quantitative estimate of drug-likeness (QED) is 0.445. The topological polar surface area (TPSA) is 150 Å². The summed E-state index contributed by atoms with van der Waals surface area (Å²) in [5.74, 6) is -3.37. The molecule has 0 aromatic carbocycles. The van der Waals surface area contributed by atoms with E-state index in [1.54, 1.807) is 0 Å². The molecule has 0 saturated carbocycles. The molecule has 0 aromatic rings. The van der Waals surface area contributed by atoms with Crippen molar-refractivity contribution < 1.29 is 29.4 Å². The second kappa shape index (κ2) is 9.36. The van der Waals surface area contributed by atoms with Gasteiger partial charge in [-0.3, -0.25) is 14.4 Å². The summed E-state index contributed by atoms with van der Waals surface area (Å²) in [7, 11) is 0. The third-order valence-corrected chi connectivity index (χ3v) is 4.64. The first-order chi connectivity index (χ1) is 11.7. The minimum Gasteiger partial charge on any atom is -0.481 e. The number of likely N-dealkylation sites (tertiary alicyclic amines) is 1. The Bertz CT molecular complexity index is 524. The summed E-state index contributed by atoms with van der Waals surface area (Å²) >= 11 is 0. The Labute approximate surface area is 146 Å². The lowest BCUT2D eigenvalue weighted by Crippen LogP contribution is -2.55. The molecule has 4 atom stereocenters. The van der Waals surface area contributed by atoms with Crippen LogP contribution in [0.25, 0.3) is 0 Å². The van der Waals surface area contributed by atoms with Gasteiger partial charge in [-0.25, -0.2) is 4.79 Å². The van der Waals surface area contributed by atoms with Crippen LogP contribution in [-0.4, -0.2) is 63.5 Å². The van der Waals surface area contributed by atoms with Crippen LogP contribution in [0.5, 0.6) is 0 Å². The predicted molar refractivity (Wildman–Crippen MR) is 88.6 cm³/mol. The molecule has 0 aliphatic carbocycles. The lowest BCUT2D eigenvalue weighted by Gasteiger charge is -2.29. The molecular formula is C16H27N3O6. The molecule has 1 heterocycles. The highest BCUT2D eigenvalue weighted by Crippen LogP contribution is 2.21. The van der Waals surface area contributed by atoms with Crippen molar-refractivity contribution in [3.8, 4) is 0 Å². The zero-order valence-electron chi connectivity index (χ0n) is 14.6. The summed E-state index contributed by atoms with van der Waals surface area (Å²) in [4.78, 5) is 48.2. The minimum atomic E-state index is -1.30. The summed E-state index contributed by atoms with van der Waals surface area (Å²) in [6, 6.07) is -2.78. The van der Waals surface area contributed by atoms with Crippen molar-refractivity contribution in [1.29, 1.82) is 0 Å². The van der Waals surface area contributed by atoms with Gasteiger partial charge in [-0.1, -0.05) is 20.3 Å². The maximum Gasteiger partial charge on any atom is 0.326 e. The lowest BCUT2D eigenvalue weighted by atomic mass is 9.98. The number of hydrogen-bond donors (Lipinski definition) is 4. The fourth-order valence-electron chi connectivity index (χ4n) is 2.78. The van der Waals surface area contributed by atoms with E-state index in [0.717, 1.165) is 6.42 Å². The lowest BCUT2D eigenvalue weighted by molar-refractivity contribution is -0.145. The average Bonchev–Trinajstić information content (AvgIpc) is 3.05. The maximum absolute atomic E-state index is 12.5. The van der Waals surface area contributed by atoms with E-state index >= 15 is 0 Å². The molecule has 9 heteroatoms. The molecule has 0 bridgehead atoms. The summed E-state index contributed by atoms with van der Waals surface area (Å²) in [5.41, 5.74) is 5.96. The zero-order chi connectivity index (χ0) is 19.1. The molecule has 1 rings (SSSR count). The number of nitrogens with zero attached hydrogens (tertiary/aromatic N) is 1. The largest absolute Gasteiger partial charge is 0.481 e. The molecule has 1 saturated heterocycles. The minimum absolute atomic E-state index is 0.0286. The highest BCUT2D eigenvalue weighted by atomic mass is 16.4. The molecule has 1 aliphatic rings. The SMILES string of the molecule is CC[C@H](C)[C@H](N)C(=O)N1CCC[C@H]1C(=O)N[C@@H](CCC(=O)O)C(=O)O. The molecule has 0 unspecified atom stereocenters. The van der Waals surface area contributed by atoms with Crippen molar-refractivity contribution in [3.63, 3.8) is 0 Å². The van der Waals surface area contributed by atoms with Gasteiger partial charge in [0.25, 0.3) is 0 Å². The summed E-state index contributed by atoms with van der Waals surface area (Å²) in [5, 5.41) is 20.2. The van der Waals surface area contributed by atoms with Crippen LogP contribution in [0.4, 0.5) is 0 Å². The number of carbonyl (C=O) groups is 4. The number of aliphatic carboxylic acids is 2. The van der Waals surface area contributed by atoms with Crippen LogP contribution in [0, 0.1) is 5.92 Å². The maximum atomic E-state index is 12.5. The third-order valence-electron chi connectivity index (χ3n) is 4.64. The first kappa shape index (κ1) is 20.9. The number of nitrogens with one attached hydrogen (secondary N) is 1. The van der Waals surface area contributed by atoms with Crippen molar-refractivity contribution in [2.24, 2.45) is 11.7 Å². The average molecular weight is 357 g/mol. The van der Waals surface area contributed by atoms with E-state index < -0.39 is 36.0 Å². The van der Waals surface area contributed by atoms with Gasteiger partial charge in [-0.05, 0) is 25.2 Å². The molecule has 0 spiro atoms. The van der Waals surface area contributed by atoms with Gasteiger partial charge in [-0.15, -0.1) is 0 Å². The molecule has 1 fully saturated rings. The van der Waals surface area contributed by atoms with Gasteiger partial charge in [0, 0.05) is 13.0 Å². The van der Waals surface area contributed by atoms with E-state index in [9.17, 15) is 19.2 Å². The molecule has 25 heavy (non-hydrogen) atoms. The molecule has 0 radical (unpaired) electrons. The van der Waals surface area contributed by atoms with Gasteiger partial charge >= 0.3 is 11.9 Å². The highest BCUT2D eigenvalue weighted by Gasteiger charge is 2.38. The van der Waals surface area contributed by atoms with E-state index in [-0.39, 0.29) is 24.7 Å². The van der Waals surface area contributed by atoms with E-state index in [2.05, 4.69) is 5.32 Å². The van der Waals surface area contributed by atoms with Gasteiger partial charge in [0.1, 0.15) is 12.1 Å². The van der Waals surface area contributed by atoms with Crippen LogP contribution in [0.1, 0.15) is 46.0 Å². The van der Waals surface area contributed by atoms with E-state index in [4.69, 9.17) is 15.9 Å². The Balaban J connectivity index is 2.76. The second-order valence-corrected chi connectivity index (χ2v) is 6.43. The zero-order valence-corrected chi connectivity index (χ0v) is 14.6. The van der Waals surface area contributed by atoms with Crippen LogP contribution in [0.2, 0.25) is 0 Å². The molecule has 142 valence electrons. The summed E-state index contributed by atoms with van der Waals surface area (Å²) in [6.45, 7) is 4.18. The standard InChI is InChI=1S/C16H27N3O6/c1-3-9(2)13(17)15(23)19-8-4-5-11(19)14(22)18-10(16(24)25)6-7-12(20)21/h9-11,13H,3-8,17H2,1-2H3,(H,18,22)(H,20,21)(H,24,25)/t9-,10-,11-,13-/m0/s1. The normalized spacial score (nSPS) is 20.6. The number of amides is 2. The Morgan fingerprint density at radius 2 is 1.92 bits per heavy atom. The van der Waals surface area contributed by atoms with Gasteiger partial charge in [0.05, 0.1) is 6.04 Å². The first-order valence-corrected chi connectivity index (χ1v) is 8.50. The van der Waals surface area contributed by atoms with Crippen LogP contribution in [0.3, 0.4) is 0 Å². The van der Waals surface area contributed by atoms with Crippen LogP contribution < -0.4 is 11.1 Å². The Morgan fingerprint density at radius 1 is 1.28 bits per heavy atom. The first-order valence-electron chi connectivity index (χ1n) is 8.50. The monoisotopic (exact) mass is 357 g/mol. The molecule has 1 aliphatic heterocycles. The molecule has 2 amide bonds. The van der Waals surface area contributed by atoms with Gasteiger partial charge in [-0.2, -0.15) is 0 Å². The van der Waals surface area contributed by atoms with E-state index in [0.29, 0.717) is 19.4 Å². The number of carboxylic acid groups (broad SMARTS) is 2. The van der Waals surface area contributed by atoms with E-state index in [1.807, 2.05) is 13.8 Å². The van der Waals surface area contributed by atoms with Crippen molar-refractivity contribution in [1.82, 2.24) is 10.2 Å². The fraction of sp³-hybridized carbons (Fsp3) is 0.750. The fourth-order valence-corrected chi connectivity index (χ4v) is 2.78. The Kier molecular flexibility index (Phi) is 7.82. The van der Waals surface area contributed by atoms with Crippen LogP contribution >= 0.6 is 0 Å². The van der Waals surface area contributed by atoms with Gasteiger partial charge < -0.3 is 26.2 Å². The van der Waals surface area contributed by atoms with E-state index in [1.165, 1.54) is 4.90 Å². The second-order valence-electron chi connectivity index (χ2n) is 6.43. The molecule has 9 nitrogen and oxygen atoms in total. The van der Waals surface area contributed by atoms with Crippen molar-refractivity contribution in [3.05, 3.63) is 0 Å². The number of hydrogen-bond acceptors (Lipinski definition) is 5. The van der Waals surface area contributed by atoms with Crippen molar-refractivity contribution >= 4 is 23.8 Å². The molecule has 0 aromatic heterocycles. The Hall–Kier alpha value is -2.16. The molecule has 5 N–H and O–H groups in total. The highest BCUT2D eigenvalue weighted by molar-refractivity contribution is 5.92. The third kappa shape index (κ3) is 5.70. The van der Waals surface area contributed by atoms with Crippen LogP contribution in [0.15, 0.2) is 0 Å². The molecular weight excluding hydrogens is 330 g/mol. The Morgan fingerprint density at radius 3 is 2.44 bits per heavy atom. The summed E-state index contributed by atoms with van der Waals surface area (Å²) < 4.78 is 0. The smallest absolute Gasteiger partial charge is 0.326 e. The number of carboxylic acids is 2. The van der Waals surface area contributed by atoms with Crippen molar-refractivity contribution in [2.45, 2.75) is 64.1 Å². The van der Waals surface area contributed by atoms with Gasteiger partial charge in [0.15, 0.2) is 0 Å². The predicted octanol–water partition coefficient (Wildman–Crippen LogP) is -0.215. The van der Waals surface area contributed by atoms with Gasteiger partial charge in [0.2, 0.25) is 11.8 Å². The van der Waals surface area contributed by atoms with Crippen LogP contribution in [-0.2, 0) is 19.2 Å².